The number of ether oxygens (including phenoxy) is 1. The number of piperidine rings is 1. The van der Waals surface area contributed by atoms with Crippen LogP contribution in [0, 0.1) is 19.8 Å². The van der Waals surface area contributed by atoms with Crippen molar-refractivity contribution in [2.75, 3.05) is 32.0 Å². The molecule has 38 heavy (non-hydrogen) atoms. The van der Waals surface area contributed by atoms with Gasteiger partial charge in [0.25, 0.3) is 11.8 Å². The average Bonchev–Trinajstić information content (AvgIpc) is 3.46. The molecule has 4 aliphatic rings. The first-order chi connectivity index (χ1) is 18.1. The Morgan fingerprint density at radius 3 is 2.34 bits per heavy atom. The minimum Gasteiger partial charge on any atom is -0.447 e. The number of sulfonamides is 1. The lowest BCUT2D eigenvalue weighted by atomic mass is 9.88. The predicted octanol–water partition coefficient (Wildman–Crippen LogP) is 2.71. The van der Waals surface area contributed by atoms with Crippen molar-refractivity contribution in [2.24, 2.45) is 10.9 Å². The minimum absolute atomic E-state index is 0.0593. The molecular formula is C27H36N4O6S. The number of benzene rings is 1. The number of rotatable bonds is 6. The molecule has 10 nitrogen and oxygen atoms in total. The van der Waals surface area contributed by atoms with Gasteiger partial charge in [0.05, 0.1) is 12.3 Å². The summed E-state index contributed by atoms with van der Waals surface area (Å²) in [7, 11) is -3.54. The molecule has 3 fully saturated rings. The molecule has 3 heterocycles. The molecule has 0 aromatic heterocycles. The van der Waals surface area contributed by atoms with Gasteiger partial charge in [-0.1, -0.05) is 19.3 Å². The molecule has 0 unspecified atom stereocenters. The van der Waals surface area contributed by atoms with Crippen LogP contribution in [0.4, 0.5) is 4.79 Å². The fourth-order valence-corrected chi connectivity index (χ4v) is 7.65. The Morgan fingerprint density at radius 2 is 1.74 bits per heavy atom. The van der Waals surface area contributed by atoms with E-state index in [2.05, 4.69) is 5.32 Å². The first-order valence-corrected chi connectivity index (χ1v) is 15.2. The number of aryl methyl sites for hydroxylation is 2. The van der Waals surface area contributed by atoms with Crippen LogP contribution in [0.3, 0.4) is 0 Å². The number of hydrogen-bond acceptors (Lipinski definition) is 7. The summed E-state index contributed by atoms with van der Waals surface area (Å²) in [6.07, 6.45) is 6.09. The molecule has 0 bridgehead atoms. The lowest BCUT2D eigenvalue weighted by Crippen LogP contribution is -2.51. The third-order valence-corrected chi connectivity index (χ3v) is 10.4. The summed E-state index contributed by atoms with van der Waals surface area (Å²) in [5.41, 5.74) is 2.03. The molecule has 0 radical (unpaired) electrons. The van der Waals surface area contributed by atoms with Crippen LogP contribution in [-0.4, -0.2) is 78.9 Å². The second kappa shape index (κ2) is 10.4. The van der Waals surface area contributed by atoms with Crippen molar-refractivity contribution >= 4 is 33.8 Å². The summed E-state index contributed by atoms with van der Waals surface area (Å²) < 4.78 is 32.8. The van der Waals surface area contributed by atoms with Crippen LogP contribution in [0.1, 0.15) is 72.0 Å². The van der Waals surface area contributed by atoms with Gasteiger partial charge >= 0.3 is 6.09 Å². The summed E-state index contributed by atoms with van der Waals surface area (Å²) in [6, 6.07) is 3.41. The molecule has 5 rings (SSSR count). The highest BCUT2D eigenvalue weighted by atomic mass is 32.2. The maximum atomic E-state index is 13.2. The largest absolute Gasteiger partial charge is 0.447 e. The van der Waals surface area contributed by atoms with Crippen LogP contribution in [-0.2, 0) is 26.0 Å². The van der Waals surface area contributed by atoms with E-state index in [-0.39, 0.29) is 37.9 Å². The third kappa shape index (κ3) is 5.10. The molecule has 1 aliphatic carbocycles. The number of amides is 3. The third-order valence-electron chi connectivity index (χ3n) is 8.49. The summed E-state index contributed by atoms with van der Waals surface area (Å²) in [6.45, 7) is 4.65. The van der Waals surface area contributed by atoms with E-state index in [1.165, 1.54) is 10.7 Å². The van der Waals surface area contributed by atoms with Gasteiger partial charge in [-0.25, -0.2) is 22.4 Å². The lowest BCUT2D eigenvalue weighted by molar-refractivity contribution is -0.125. The topological polar surface area (TPSA) is 125 Å². The molecule has 1 aromatic carbocycles. The van der Waals surface area contributed by atoms with Crippen molar-refractivity contribution < 1.29 is 27.5 Å². The van der Waals surface area contributed by atoms with Crippen LogP contribution >= 0.6 is 0 Å². The quantitative estimate of drug-likeness (QED) is 0.587. The highest BCUT2D eigenvalue weighted by Gasteiger charge is 2.48. The highest BCUT2D eigenvalue weighted by molar-refractivity contribution is 7.89. The molecule has 0 atom stereocenters. The van der Waals surface area contributed by atoms with Gasteiger partial charge in [-0.15, -0.1) is 0 Å². The van der Waals surface area contributed by atoms with Gasteiger partial charge in [-0.2, -0.15) is 0 Å². The number of aliphatic imine (C=N–C) groups is 1. The van der Waals surface area contributed by atoms with Gasteiger partial charge in [0.15, 0.2) is 0 Å². The normalized spacial score (nSPS) is 22.5. The zero-order valence-electron chi connectivity index (χ0n) is 22.1. The van der Waals surface area contributed by atoms with Crippen molar-refractivity contribution in [3.8, 4) is 0 Å². The number of nitrogens with one attached hydrogen (secondary N) is 1. The molecule has 11 heteroatoms. The van der Waals surface area contributed by atoms with E-state index in [1.807, 2.05) is 13.8 Å². The molecule has 206 valence electrons. The van der Waals surface area contributed by atoms with Crippen molar-refractivity contribution in [1.82, 2.24) is 14.5 Å². The van der Waals surface area contributed by atoms with Crippen LogP contribution in [0.2, 0.25) is 0 Å². The Kier molecular flexibility index (Phi) is 7.34. The number of carbonyl (C=O) groups is 3. The van der Waals surface area contributed by atoms with Gasteiger partial charge in [-0.05, 0) is 74.8 Å². The Hall–Kier alpha value is -2.79. The van der Waals surface area contributed by atoms with Gasteiger partial charge in [-0.3, -0.25) is 14.6 Å². The summed E-state index contributed by atoms with van der Waals surface area (Å²) in [4.78, 5) is 43.3. The van der Waals surface area contributed by atoms with Crippen LogP contribution in [0.15, 0.2) is 17.1 Å². The summed E-state index contributed by atoms with van der Waals surface area (Å²) >= 11 is 0. The standard InChI is InChI=1S/C27H36N4O6S/c1-18-16-21(24(32)31-13-14-37-26(31)34)17-19(2)22(18)8-15-38(35,36)30-11-9-27(10-12-30)25(33)28-23(29-27)20-6-4-3-5-7-20/h16-17,20H,3-15H2,1-2H3,(H,28,29,33). The summed E-state index contributed by atoms with van der Waals surface area (Å²) in [5.74, 6) is 0.561. The molecular weight excluding hydrogens is 508 g/mol. The Bertz CT molecular complexity index is 1250. The second-order valence-corrected chi connectivity index (χ2v) is 13.0. The zero-order chi connectivity index (χ0) is 27.1. The second-order valence-electron chi connectivity index (χ2n) is 10.9. The van der Waals surface area contributed by atoms with Crippen molar-refractivity contribution in [2.45, 2.75) is 70.8 Å². The molecule has 1 saturated carbocycles. The maximum Gasteiger partial charge on any atom is 0.416 e. The first-order valence-electron chi connectivity index (χ1n) is 13.6. The molecule has 3 aliphatic heterocycles. The monoisotopic (exact) mass is 544 g/mol. The summed E-state index contributed by atoms with van der Waals surface area (Å²) in [5, 5.41) is 3.02. The van der Waals surface area contributed by atoms with Crippen molar-refractivity contribution in [3.05, 3.63) is 34.4 Å². The Balaban J connectivity index is 1.21. The Morgan fingerprint density at radius 1 is 1.08 bits per heavy atom. The van der Waals surface area contributed by atoms with Gasteiger partial charge in [0.1, 0.15) is 18.0 Å². The van der Waals surface area contributed by atoms with Crippen LogP contribution < -0.4 is 5.32 Å². The average molecular weight is 545 g/mol. The number of hydrogen-bond donors (Lipinski definition) is 1. The number of imide groups is 1. The zero-order valence-corrected chi connectivity index (χ0v) is 22.9. The lowest BCUT2D eigenvalue weighted by Gasteiger charge is -2.34. The molecule has 3 amide bonds. The number of nitrogens with zero attached hydrogens (tertiary/aromatic N) is 3. The molecule has 1 aromatic rings. The minimum atomic E-state index is -3.54. The Labute approximate surface area is 223 Å². The van der Waals surface area contributed by atoms with Gasteiger partial charge < -0.3 is 10.1 Å². The van der Waals surface area contributed by atoms with Crippen molar-refractivity contribution in [1.29, 1.82) is 0 Å². The maximum absolute atomic E-state index is 13.2. The predicted molar refractivity (Wildman–Crippen MR) is 141 cm³/mol. The SMILES string of the molecule is Cc1cc(C(=O)N2CCOC2=O)cc(C)c1CCS(=O)(=O)N1CCC2(CC1)N=C(C1CCCCC1)NC2=O. The molecule has 2 saturated heterocycles. The van der Waals surface area contributed by atoms with Crippen LogP contribution in [0.5, 0.6) is 0 Å². The van der Waals surface area contributed by atoms with E-state index in [1.54, 1.807) is 12.1 Å². The fraction of sp³-hybridized carbons (Fsp3) is 0.630. The van der Waals surface area contributed by atoms with Crippen molar-refractivity contribution in [3.63, 3.8) is 0 Å². The molecule has 1 spiro atoms. The van der Waals surface area contributed by atoms with E-state index in [4.69, 9.17) is 9.73 Å². The fourth-order valence-electron chi connectivity index (χ4n) is 6.19. The number of amidine groups is 1. The first kappa shape index (κ1) is 26.8. The van der Waals surface area contributed by atoms with E-state index < -0.39 is 27.6 Å². The number of cyclic esters (lactones) is 1. The van der Waals surface area contributed by atoms with E-state index in [0.29, 0.717) is 30.7 Å². The number of carbonyl (C=O) groups excluding carboxylic acids is 3. The highest BCUT2D eigenvalue weighted by Crippen LogP contribution is 2.35. The van der Waals surface area contributed by atoms with E-state index in [0.717, 1.165) is 53.1 Å². The van der Waals surface area contributed by atoms with E-state index >= 15 is 0 Å². The van der Waals surface area contributed by atoms with E-state index in [9.17, 15) is 22.8 Å². The molecule has 1 N–H and O–H groups in total. The van der Waals surface area contributed by atoms with Gasteiger partial charge in [0.2, 0.25) is 10.0 Å². The van der Waals surface area contributed by atoms with Crippen LogP contribution in [0.25, 0.3) is 0 Å². The smallest absolute Gasteiger partial charge is 0.416 e. The van der Waals surface area contributed by atoms with Gasteiger partial charge in [0, 0.05) is 24.6 Å².